The van der Waals surface area contributed by atoms with Crippen LogP contribution in [0.5, 0.6) is 11.8 Å². The number of hydrogen-bond donors (Lipinski definition) is 1. The molecule has 202 valence electrons. The van der Waals surface area contributed by atoms with Gasteiger partial charge in [-0.15, -0.1) is 0 Å². The molecule has 2 aromatic heterocycles. The van der Waals surface area contributed by atoms with Gasteiger partial charge in [-0.2, -0.15) is 9.97 Å². The molecule has 0 radical (unpaired) electrons. The Balaban J connectivity index is 1.38. The highest BCUT2D eigenvalue weighted by molar-refractivity contribution is 6.00. The maximum atomic E-state index is 15.0. The molecule has 3 fully saturated rings. The summed E-state index contributed by atoms with van der Waals surface area (Å²) in [4.78, 5) is 26.8. The average molecular weight is 535 g/mol. The van der Waals surface area contributed by atoms with Crippen molar-refractivity contribution in [2.45, 2.75) is 44.3 Å². The summed E-state index contributed by atoms with van der Waals surface area (Å²) < 4.78 is 41.3. The van der Waals surface area contributed by atoms with E-state index in [2.05, 4.69) is 14.9 Å². The zero-order chi connectivity index (χ0) is 26.9. The second-order valence-electron chi connectivity index (χ2n) is 10.9. The normalized spacial score (nSPS) is 22.9. The number of aryl methyl sites for hydroxylation is 1. The maximum Gasteiger partial charge on any atom is 0.349 e. The Morgan fingerprint density at radius 2 is 2.03 bits per heavy atom. The van der Waals surface area contributed by atoms with E-state index in [9.17, 15) is 18.7 Å². The minimum Gasteiger partial charge on any atom is -0.508 e. The van der Waals surface area contributed by atoms with E-state index in [1.54, 1.807) is 19.1 Å². The Kier molecular flexibility index (Phi) is 5.52. The van der Waals surface area contributed by atoms with Crippen molar-refractivity contribution >= 4 is 27.5 Å². The number of halogens is 2. The Morgan fingerprint density at radius 3 is 2.82 bits per heavy atom. The molecule has 7 rings (SSSR count). The van der Waals surface area contributed by atoms with Crippen molar-refractivity contribution in [3.63, 3.8) is 0 Å². The second kappa shape index (κ2) is 8.87. The molecule has 8 nitrogen and oxygen atoms in total. The highest BCUT2D eigenvalue weighted by Gasteiger charge is 2.49. The first-order valence-electron chi connectivity index (χ1n) is 13.4. The molecule has 0 aliphatic carbocycles. The second-order valence-corrected chi connectivity index (χ2v) is 10.9. The largest absolute Gasteiger partial charge is 0.508 e. The fraction of sp³-hybridized carbons (Fsp3) is 0.414. The van der Waals surface area contributed by atoms with Crippen LogP contribution in [0.25, 0.3) is 33.0 Å². The zero-order valence-electron chi connectivity index (χ0n) is 21.5. The van der Waals surface area contributed by atoms with Gasteiger partial charge in [0.1, 0.15) is 35.5 Å². The third kappa shape index (κ3) is 3.83. The molecule has 1 N–H and O–H groups in total. The van der Waals surface area contributed by atoms with Crippen LogP contribution >= 0.6 is 0 Å². The highest BCUT2D eigenvalue weighted by Crippen LogP contribution is 2.41. The lowest BCUT2D eigenvalue weighted by Gasteiger charge is -2.33. The van der Waals surface area contributed by atoms with Gasteiger partial charge in [-0.1, -0.05) is 12.1 Å². The molecule has 0 unspecified atom stereocenters. The van der Waals surface area contributed by atoms with Crippen molar-refractivity contribution in [2.24, 2.45) is 0 Å². The number of nitrogens with zero attached hydrogens (tertiary/aromatic N) is 4. The summed E-state index contributed by atoms with van der Waals surface area (Å²) >= 11 is 0. The molecule has 2 aromatic carbocycles. The Morgan fingerprint density at radius 1 is 1.18 bits per heavy atom. The van der Waals surface area contributed by atoms with Gasteiger partial charge in [-0.05, 0) is 56.3 Å². The fourth-order valence-electron chi connectivity index (χ4n) is 6.49. The van der Waals surface area contributed by atoms with Gasteiger partial charge >= 0.3 is 11.6 Å². The summed E-state index contributed by atoms with van der Waals surface area (Å²) in [6, 6.07) is 7.52. The molecule has 0 spiro atoms. The van der Waals surface area contributed by atoms with Crippen LogP contribution in [0.3, 0.4) is 0 Å². The van der Waals surface area contributed by atoms with E-state index in [1.807, 2.05) is 4.90 Å². The summed E-state index contributed by atoms with van der Waals surface area (Å²) in [7, 11) is 0. The standard InChI is InChI=1S/C29H28F2N4O4/c1-16-24-23(27(37)39-25(16)20-12-19(36)11-17-5-2-6-21(31)22(17)20)26(34-8-4-9-34)33-28(32-24)38-15-29-7-3-10-35(29)14-18(30)13-29/h2,5-6,11-12,18,36H,3-4,7-10,13-15H2,1H3/t18-,29+/m1/s1. The van der Waals surface area contributed by atoms with Crippen LogP contribution in [0.4, 0.5) is 14.6 Å². The number of hydrogen-bond acceptors (Lipinski definition) is 8. The van der Waals surface area contributed by atoms with Gasteiger partial charge in [0.15, 0.2) is 5.82 Å². The topological polar surface area (TPSA) is 91.9 Å². The third-order valence-electron chi connectivity index (χ3n) is 8.51. The number of anilines is 1. The van der Waals surface area contributed by atoms with Crippen molar-refractivity contribution in [1.29, 1.82) is 0 Å². The van der Waals surface area contributed by atoms with Crippen LogP contribution in [0.2, 0.25) is 0 Å². The number of ether oxygens (including phenoxy) is 1. The molecule has 0 bridgehead atoms. The lowest BCUT2D eigenvalue weighted by atomic mass is 9.95. The average Bonchev–Trinajstić information content (AvgIpc) is 3.39. The van der Waals surface area contributed by atoms with Crippen molar-refractivity contribution in [3.8, 4) is 23.1 Å². The molecular weight excluding hydrogens is 506 g/mol. The molecule has 0 saturated carbocycles. The number of aromatic hydroxyl groups is 1. The van der Waals surface area contributed by atoms with Crippen LogP contribution < -0.4 is 15.3 Å². The zero-order valence-corrected chi connectivity index (χ0v) is 21.5. The van der Waals surface area contributed by atoms with Crippen molar-refractivity contribution in [3.05, 3.63) is 52.1 Å². The summed E-state index contributed by atoms with van der Waals surface area (Å²) in [5.74, 6) is -0.0245. The first-order chi connectivity index (χ1) is 18.8. The minimum absolute atomic E-state index is 0.0821. The van der Waals surface area contributed by atoms with Gasteiger partial charge in [-0.25, -0.2) is 13.6 Å². The van der Waals surface area contributed by atoms with E-state index >= 15 is 0 Å². The lowest BCUT2D eigenvalue weighted by Crippen LogP contribution is -2.43. The van der Waals surface area contributed by atoms with E-state index < -0.39 is 17.6 Å². The molecule has 10 heteroatoms. The number of benzene rings is 2. The number of fused-ring (bicyclic) bond motifs is 3. The molecule has 3 aliphatic rings. The number of phenolic OH excluding ortho intramolecular Hbond substituents is 1. The smallest absolute Gasteiger partial charge is 0.349 e. The molecule has 5 heterocycles. The van der Waals surface area contributed by atoms with Gasteiger partial charge in [0, 0.05) is 42.6 Å². The summed E-state index contributed by atoms with van der Waals surface area (Å²) in [6.45, 7) is 4.73. The number of rotatable bonds is 5. The monoisotopic (exact) mass is 534 g/mol. The van der Waals surface area contributed by atoms with E-state index in [0.717, 1.165) is 38.9 Å². The molecule has 0 amide bonds. The summed E-state index contributed by atoms with van der Waals surface area (Å²) in [5.41, 5.74) is 0.0774. The molecule has 4 aromatic rings. The molecule has 2 atom stereocenters. The predicted octanol–water partition coefficient (Wildman–Crippen LogP) is 4.72. The van der Waals surface area contributed by atoms with Crippen LogP contribution in [0.15, 0.2) is 39.5 Å². The molecular formula is C29H28F2N4O4. The van der Waals surface area contributed by atoms with Crippen LogP contribution in [0, 0.1) is 12.7 Å². The van der Waals surface area contributed by atoms with Gasteiger partial charge in [0.05, 0.1) is 11.1 Å². The Labute approximate surface area is 222 Å². The maximum absolute atomic E-state index is 15.0. The number of aromatic nitrogens is 2. The Bertz CT molecular complexity index is 1690. The number of alkyl halides is 1. The number of phenols is 1. The van der Waals surface area contributed by atoms with Crippen LogP contribution in [0.1, 0.15) is 31.2 Å². The molecule has 39 heavy (non-hydrogen) atoms. The molecule has 3 saturated heterocycles. The quantitative estimate of drug-likeness (QED) is 0.393. The van der Waals surface area contributed by atoms with Crippen LogP contribution in [-0.2, 0) is 0 Å². The Hall–Kier alpha value is -3.79. The van der Waals surface area contributed by atoms with Crippen molar-refractivity contribution in [1.82, 2.24) is 14.9 Å². The minimum atomic E-state index is -0.880. The van der Waals surface area contributed by atoms with Gasteiger partial charge in [0.2, 0.25) is 0 Å². The van der Waals surface area contributed by atoms with E-state index in [4.69, 9.17) is 9.15 Å². The van der Waals surface area contributed by atoms with Crippen molar-refractivity contribution < 1.29 is 23.0 Å². The SMILES string of the molecule is Cc1c(-c2cc(O)cc3cccc(F)c23)oc(=O)c2c(N3CCC3)nc(OC[C@@]34CCCN3C[C@H](F)C4)nc12. The van der Waals surface area contributed by atoms with Crippen LogP contribution in [-0.4, -0.2) is 64.5 Å². The highest BCUT2D eigenvalue weighted by atomic mass is 19.1. The van der Waals surface area contributed by atoms with Gasteiger partial charge in [0.25, 0.3) is 0 Å². The summed E-state index contributed by atoms with van der Waals surface area (Å²) in [5, 5.41) is 11.3. The van der Waals surface area contributed by atoms with E-state index in [1.165, 1.54) is 18.2 Å². The first-order valence-corrected chi connectivity index (χ1v) is 13.4. The third-order valence-corrected chi connectivity index (χ3v) is 8.51. The van der Waals surface area contributed by atoms with Crippen molar-refractivity contribution in [2.75, 3.05) is 37.7 Å². The molecule has 3 aliphatic heterocycles. The van der Waals surface area contributed by atoms with E-state index in [0.29, 0.717) is 35.2 Å². The van der Waals surface area contributed by atoms with Gasteiger partial charge in [-0.3, -0.25) is 4.90 Å². The summed E-state index contributed by atoms with van der Waals surface area (Å²) in [6.07, 6.45) is 2.35. The predicted molar refractivity (Wildman–Crippen MR) is 143 cm³/mol. The fourth-order valence-corrected chi connectivity index (χ4v) is 6.49. The lowest BCUT2D eigenvalue weighted by molar-refractivity contribution is 0.107. The first kappa shape index (κ1) is 24.3. The van der Waals surface area contributed by atoms with Gasteiger partial charge < -0.3 is 19.2 Å². The van der Waals surface area contributed by atoms with E-state index in [-0.39, 0.29) is 46.0 Å².